The lowest BCUT2D eigenvalue weighted by molar-refractivity contribution is -0.137. The Morgan fingerprint density at radius 2 is 1.97 bits per heavy atom. The predicted octanol–water partition coefficient (Wildman–Crippen LogP) is 3.65. The second-order valence-corrected chi connectivity index (χ2v) is 6.86. The number of nitrogens with one attached hydrogen (secondary N) is 1. The quantitative estimate of drug-likeness (QED) is 0.676. The van der Waals surface area contributed by atoms with Gasteiger partial charge in [0.15, 0.2) is 5.82 Å². The summed E-state index contributed by atoms with van der Waals surface area (Å²) in [4.78, 5) is 20.6. The molecule has 150 valence electrons. The van der Waals surface area contributed by atoms with Gasteiger partial charge in [-0.05, 0) is 30.3 Å². The molecule has 11 heteroatoms. The lowest BCUT2D eigenvalue weighted by Gasteiger charge is -2.26. The highest BCUT2D eigenvalue weighted by atomic mass is 32.1. The Bertz CT molecular complexity index is 1020. The van der Waals surface area contributed by atoms with Crippen LogP contribution in [-0.4, -0.2) is 39.6 Å². The normalized spacial score (nSPS) is 14.3. The Morgan fingerprint density at radius 1 is 1.21 bits per heavy atom. The van der Waals surface area contributed by atoms with Gasteiger partial charge in [-0.1, -0.05) is 0 Å². The molecular formula is C18H13F3N4O3S. The van der Waals surface area contributed by atoms with E-state index < -0.39 is 17.6 Å². The van der Waals surface area contributed by atoms with E-state index in [0.717, 1.165) is 35.8 Å². The molecule has 0 saturated carbocycles. The molecule has 1 saturated heterocycles. The molecule has 1 fully saturated rings. The average Bonchev–Trinajstić information content (AvgIpc) is 3.13. The number of rotatable bonds is 5. The van der Waals surface area contributed by atoms with Crippen molar-refractivity contribution in [2.75, 3.05) is 18.5 Å². The topological polar surface area (TPSA) is 86.2 Å². The summed E-state index contributed by atoms with van der Waals surface area (Å²) in [7, 11) is 0. The molecule has 29 heavy (non-hydrogen) atoms. The van der Waals surface area contributed by atoms with Gasteiger partial charge < -0.3 is 9.47 Å². The number of halogens is 3. The summed E-state index contributed by atoms with van der Waals surface area (Å²) < 4.78 is 52.8. The number of hydrogen-bond acceptors (Lipinski definition) is 7. The molecule has 0 atom stereocenters. The summed E-state index contributed by atoms with van der Waals surface area (Å²) in [5.74, 6) is 0.318. The smallest absolute Gasteiger partial charge is 0.416 e. The number of aromatic nitrogens is 3. The van der Waals surface area contributed by atoms with Crippen LogP contribution < -0.4 is 10.1 Å². The Labute approximate surface area is 166 Å². The highest BCUT2D eigenvalue weighted by molar-refractivity contribution is 7.10. The summed E-state index contributed by atoms with van der Waals surface area (Å²) in [6.45, 7) is 1.07. The van der Waals surface area contributed by atoms with Crippen LogP contribution in [0.5, 0.6) is 5.75 Å². The summed E-state index contributed by atoms with van der Waals surface area (Å²) >= 11 is 0.936. The fourth-order valence-corrected chi connectivity index (χ4v) is 3.01. The number of ether oxygens (including phenoxy) is 2. The molecule has 1 amide bonds. The number of alkyl halides is 3. The zero-order valence-electron chi connectivity index (χ0n) is 14.6. The van der Waals surface area contributed by atoms with Gasteiger partial charge in [0.25, 0.3) is 5.91 Å². The Morgan fingerprint density at radius 3 is 2.62 bits per heavy atom. The maximum absolute atomic E-state index is 12.6. The van der Waals surface area contributed by atoms with E-state index in [1.807, 2.05) is 0 Å². The van der Waals surface area contributed by atoms with Gasteiger partial charge >= 0.3 is 6.18 Å². The van der Waals surface area contributed by atoms with Crippen molar-refractivity contribution in [3.05, 3.63) is 53.7 Å². The van der Waals surface area contributed by atoms with Crippen molar-refractivity contribution in [2.45, 2.75) is 12.3 Å². The van der Waals surface area contributed by atoms with Crippen LogP contribution in [0.15, 0.2) is 42.6 Å². The molecule has 0 spiro atoms. The van der Waals surface area contributed by atoms with Crippen LogP contribution in [0.3, 0.4) is 0 Å². The first-order valence-corrected chi connectivity index (χ1v) is 9.19. The van der Waals surface area contributed by atoms with E-state index in [1.54, 1.807) is 18.3 Å². The molecule has 1 aliphatic heterocycles. The fourth-order valence-electron chi connectivity index (χ4n) is 2.44. The molecule has 0 aliphatic carbocycles. The van der Waals surface area contributed by atoms with Crippen molar-refractivity contribution in [3.63, 3.8) is 0 Å². The van der Waals surface area contributed by atoms with E-state index in [-0.39, 0.29) is 16.8 Å². The summed E-state index contributed by atoms with van der Waals surface area (Å²) in [5.41, 5.74) is -0.283. The van der Waals surface area contributed by atoms with Crippen molar-refractivity contribution in [3.8, 4) is 17.3 Å². The van der Waals surface area contributed by atoms with E-state index in [2.05, 4.69) is 19.7 Å². The minimum atomic E-state index is -4.46. The number of anilines is 1. The fraction of sp³-hybridized carbons (Fsp3) is 0.222. The van der Waals surface area contributed by atoms with Crippen molar-refractivity contribution >= 4 is 22.6 Å². The molecule has 2 aromatic heterocycles. The van der Waals surface area contributed by atoms with E-state index in [0.29, 0.717) is 30.5 Å². The van der Waals surface area contributed by atoms with Crippen molar-refractivity contribution in [1.29, 1.82) is 0 Å². The number of hydrogen-bond donors (Lipinski definition) is 1. The van der Waals surface area contributed by atoms with Gasteiger partial charge in [0.2, 0.25) is 5.13 Å². The van der Waals surface area contributed by atoms with Gasteiger partial charge in [-0.15, -0.1) is 0 Å². The number of benzene rings is 1. The average molecular weight is 422 g/mol. The number of nitrogens with zero attached hydrogens (tertiary/aromatic N) is 3. The van der Waals surface area contributed by atoms with E-state index >= 15 is 0 Å². The van der Waals surface area contributed by atoms with Crippen LogP contribution in [0.2, 0.25) is 0 Å². The molecule has 7 nitrogen and oxygen atoms in total. The monoisotopic (exact) mass is 422 g/mol. The second-order valence-electron chi connectivity index (χ2n) is 6.11. The number of carbonyl (C=O) groups is 1. The molecular weight excluding hydrogens is 409 g/mol. The highest BCUT2D eigenvalue weighted by Gasteiger charge is 2.30. The first-order chi connectivity index (χ1) is 13.9. The van der Waals surface area contributed by atoms with Gasteiger partial charge in [-0.2, -0.15) is 22.5 Å². The van der Waals surface area contributed by atoms with E-state index in [1.165, 1.54) is 0 Å². The molecule has 0 bridgehead atoms. The third-order valence-corrected chi connectivity index (χ3v) is 4.62. The van der Waals surface area contributed by atoms with Crippen LogP contribution in [0.4, 0.5) is 18.3 Å². The lowest BCUT2D eigenvalue weighted by Crippen LogP contribution is -2.38. The minimum Gasteiger partial charge on any atom is -0.485 e. The summed E-state index contributed by atoms with van der Waals surface area (Å²) in [5, 5.41) is 2.72. The van der Waals surface area contributed by atoms with Crippen molar-refractivity contribution in [2.24, 2.45) is 0 Å². The molecule has 0 radical (unpaired) electrons. The zero-order valence-corrected chi connectivity index (χ0v) is 15.5. The number of pyridine rings is 1. The third-order valence-electron chi connectivity index (χ3n) is 3.99. The highest BCUT2D eigenvalue weighted by Crippen LogP contribution is 2.29. The van der Waals surface area contributed by atoms with E-state index in [4.69, 9.17) is 9.47 Å². The Kier molecular flexibility index (Phi) is 5.16. The maximum atomic E-state index is 12.6. The molecule has 3 aromatic rings. The molecule has 1 aromatic carbocycles. The SMILES string of the molecule is O=C(Nc1nc(-c2cc(OC3COC3)ccn2)ns1)c1ccc(C(F)(F)F)cc1. The Hall–Kier alpha value is -3.05. The van der Waals surface area contributed by atoms with Gasteiger partial charge in [0.1, 0.15) is 17.5 Å². The van der Waals surface area contributed by atoms with Gasteiger partial charge in [0, 0.05) is 29.4 Å². The standard InChI is InChI=1S/C18H13F3N4O3S/c19-18(20,21)11-3-1-10(2-4-11)16(26)24-17-23-15(25-29-17)14-7-12(5-6-22-14)28-13-8-27-9-13/h1-7,13H,8-9H2,(H,23,24,25,26). The van der Waals surface area contributed by atoms with Crippen LogP contribution in [0, 0.1) is 0 Å². The van der Waals surface area contributed by atoms with Crippen LogP contribution in [0.25, 0.3) is 11.5 Å². The molecule has 1 aliphatic rings. The van der Waals surface area contributed by atoms with Gasteiger partial charge in [-0.25, -0.2) is 0 Å². The van der Waals surface area contributed by atoms with Crippen LogP contribution in [0.1, 0.15) is 15.9 Å². The van der Waals surface area contributed by atoms with Crippen LogP contribution in [-0.2, 0) is 10.9 Å². The van der Waals surface area contributed by atoms with Crippen molar-refractivity contribution < 1.29 is 27.4 Å². The van der Waals surface area contributed by atoms with Gasteiger partial charge in [-0.3, -0.25) is 15.1 Å². The largest absolute Gasteiger partial charge is 0.485 e. The van der Waals surface area contributed by atoms with Crippen LogP contribution >= 0.6 is 11.5 Å². The molecule has 4 rings (SSSR count). The lowest BCUT2D eigenvalue weighted by atomic mass is 10.1. The maximum Gasteiger partial charge on any atom is 0.416 e. The first-order valence-electron chi connectivity index (χ1n) is 8.41. The molecule has 3 heterocycles. The third kappa shape index (κ3) is 4.51. The van der Waals surface area contributed by atoms with Crippen molar-refractivity contribution in [1.82, 2.24) is 14.3 Å². The van der Waals surface area contributed by atoms with E-state index in [9.17, 15) is 18.0 Å². The molecule has 0 unspecified atom stereocenters. The predicted molar refractivity (Wildman–Crippen MR) is 97.8 cm³/mol. The molecule has 1 N–H and O–H groups in total. The summed E-state index contributed by atoms with van der Waals surface area (Å²) in [6, 6.07) is 7.30. The first kappa shape index (κ1) is 19.3. The number of amides is 1. The Balaban J connectivity index is 1.44. The minimum absolute atomic E-state index is 0.00669. The summed E-state index contributed by atoms with van der Waals surface area (Å²) in [6.07, 6.45) is -2.89. The van der Waals surface area contributed by atoms with Gasteiger partial charge in [0.05, 0.1) is 18.8 Å². The zero-order chi connectivity index (χ0) is 20.4. The number of carbonyl (C=O) groups excluding carboxylic acids is 1. The second kappa shape index (κ2) is 7.76.